The number of ether oxygens (including phenoxy) is 3. The first-order valence-electron chi connectivity index (χ1n) is 16.8. The molecule has 2 fully saturated rings. The molecule has 1 aromatic heterocycles. The van der Waals surface area contributed by atoms with Crippen molar-refractivity contribution in [1.82, 2.24) is 20.5 Å². The van der Waals surface area contributed by atoms with Crippen LogP contribution < -0.4 is 15.4 Å². The minimum Gasteiger partial charge on any atom is -0.489 e. The summed E-state index contributed by atoms with van der Waals surface area (Å²) in [4.78, 5) is 46.8. The fraction of sp³-hybridized carbons (Fsp3) is 0.514. The van der Waals surface area contributed by atoms with Gasteiger partial charge >= 0.3 is 0 Å². The summed E-state index contributed by atoms with van der Waals surface area (Å²) >= 11 is 1.53. The van der Waals surface area contributed by atoms with Gasteiger partial charge < -0.3 is 34.9 Å². The lowest BCUT2D eigenvalue weighted by Crippen LogP contribution is -2.59. The number of amides is 3. The van der Waals surface area contributed by atoms with Gasteiger partial charge in [-0.15, -0.1) is 11.3 Å². The molecule has 13 heteroatoms. The first-order chi connectivity index (χ1) is 23.7. The van der Waals surface area contributed by atoms with Gasteiger partial charge in [0.2, 0.25) is 11.8 Å². The predicted molar refractivity (Wildman–Crippen MR) is 187 cm³/mol. The van der Waals surface area contributed by atoms with Crippen LogP contribution in [0.25, 0.3) is 10.4 Å². The summed E-state index contributed by atoms with van der Waals surface area (Å²) in [6, 6.07) is 11.7. The van der Waals surface area contributed by atoms with E-state index in [1.807, 2.05) is 49.4 Å². The number of nitrogens with zero attached hydrogens (tertiary/aromatic N) is 2. The van der Waals surface area contributed by atoms with Crippen LogP contribution in [0.3, 0.4) is 0 Å². The fourth-order valence-electron chi connectivity index (χ4n) is 5.96. The van der Waals surface area contributed by atoms with Crippen molar-refractivity contribution in [2.24, 2.45) is 5.41 Å². The molecule has 270 valence electrons. The minimum atomic E-state index is -1.96. The first-order valence-corrected chi connectivity index (χ1v) is 17.7. The maximum absolute atomic E-state index is 14.5. The van der Waals surface area contributed by atoms with Crippen LogP contribution in [0.15, 0.2) is 48.0 Å². The molecule has 1 saturated carbocycles. The molecule has 0 spiro atoms. The molecule has 0 radical (unpaired) electrons. The van der Waals surface area contributed by atoms with Crippen LogP contribution in [0.5, 0.6) is 5.75 Å². The summed E-state index contributed by atoms with van der Waals surface area (Å²) < 4.78 is 31.5. The highest BCUT2D eigenvalue weighted by molar-refractivity contribution is 7.13. The Morgan fingerprint density at radius 1 is 1.10 bits per heavy atom. The zero-order valence-electron chi connectivity index (χ0n) is 29.5. The highest BCUT2D eigenvalue weighted by Gasteiger charge is 2.53. The lowest BCUT2D eigenvalue weighted by Gasteiger charge is -2.35. The van der Waals surface area contributed by atoms with Gasteiger partial charge in [0.15, 0.2) is 12.0 Å². The molecule has 5 rings (SSSR count). The van der Waals surface area contributed by atoms with Crippen LogP contribution >= 0.6 is 11.3 Å². The topological polar surface area (TPSA) is 139 Å². The number of carbonyl (C=O) groups excluding carboxylic acids is 3. The SMILES string of the molecule is COC(Cc1ccc(COc2cc(-c3scnc3C)ccc2CNC(=O)[C@@H]2C[C@@H](O)CN2C(=O)[C@@H](NC(=O)C2(F)CC2)C(C)(C)C)cc1)OC. The van der Waals surface area contributed by atoms with E-state index >= 15 is 0 Å². The van der Waals surface area contributed by atoms with Gasteiger partial charge in [0.1, 0.15) is 24.4 Å². The average Bonchev–Trinajstić information content (AvgIpc) is 3.50. The molecule has 2 aromatic carbocycles. The van der Waals surface area contributed by atoms with Gasteiger partial charge in [-0.25, -0.2) is 9.37 Å². The summed E-state index contributed by atoms with van der Waals surface area (Å²) in [6.07, 6.45) is -0.381. The number of likely N-dealkylation sites (tertiary alicyclic amines) is 1. The zero-order valence-corrected chi connectivity index (χ0v) is 30.3. The number of nitrogens with one attached hydrogen (secondary N) is 2. The molecule has 0 bridgehead atoms. The third-order valence-corrected chi connectivity index (χ3v) is 10.2. The Balaban J connectivity index is 1.30. The Bertz CT molecular complexity index is 1670. The molecule has 1 aliphatic carbocycles. The summed E-state index contributed by atoms with van der Waals surface area (Å²) in [5, 5.41) is 16.1. The standard InChI is InChI=1S/C37H47FN4O7S/c1-22-31(50-21-40-22)25-11-12-26(29(16-25)49-20-24-9-7-23(8-10-24)15-30(47-5)48-6)18-39-33(44)28-17-27(43)19-42(28)34(45)32(36(2,3)4)41-35(46)37(38)13-14-37/h7-12,16,21,27-28,30,32,43H,13-15,17-20H2,1-6H3,(H,39,44)(H,41,46)/t27-,28+,32-/m1/s1. The maximum atomic E-state index is 14.5. The normalized spacial score (nSPS) is 18.9. The van der Waals surface area contributed by atoms with Crippen LogP contribution in [0.4, 0.5) is 4.39 Å². The van der Waals surface area contributed by atoms with E-state index in [0.29, 0.717) is 12.2 Å². The number of aromatic nitrogens is 1. The number of halogens is 1. The minimum absolute atomic E-state index is 0.0356. The molecule has 3 aromatic rings. The number of alkyl halides is 1. The lowest BCUT2D eigenvalue weighted by atomic mass is 9.85. The number of benzene rings is 2. The third kappa shape index (κ3) is 8.87. The summed E-state index contributed by atoms with van der Waals surface area (Å²) in [7, 11) is 3.21. The summed E-state index contributed by atoms with van der Waals surface area (Å²) in [5.74, 6) is -1.23. The van der Waals surface area contributed by atoms with Gasteiger partial charge in [0.25, 0.3) is 5.91 Å². The van der Waals surface area contributed by atoms with E-state index < -0.39 is 47.0 Å². The third-order valence-electron chi connectivity index (χ3n) is 9.22. The molecule has 1 saturated heterocycles. The Morgan fingerprint density at radius 3 is 2.38 bits per heavy atom. The van der Waals surface area contributed by atoms with Gasteiger partial charge in [-0.1, -0.05) is 57.2 Å². The Hall–Kier alpha value is -3.91. The largest absolute Gasteiger partial charge is 0.489 e. The Labute approximate surface area is 296 Å². The highest BCUT2D eigenvalue weighted by atomic mass is 32.1. The molecule has 50 heavy (non-hydrogen) atoms. The number of aryl methyl sites for hydroxylation is 1. The van der Waals surface area contributed by atoms with Crippen molar-refractivity contribution >= 4 is 29.1 Å². The van der Waals surface area contributed by atoms with E-state index in [0.717, 1.165) is 32.8 Å². The van der Waals surface area contributed by atoms with Crippen molar-refractivity contribution < 1.29 is 38.1 Å². The van der Waals surface area contributed by atoms with Crippen LogP contribution in [0, 0.1) is 12.3 Å². The van der Waals surface area contributed by atoms with Crippen LogP contribution in [0.2, 0.25) is 0 Å². The number of hydrogen-bond acceptors (Lipinski definition) is 9. The summed E-state index contributed by atoms with van der Waals surface area (Å²) in [5.41, 5.74) is 3.62. The predicted octanol–water partition coefficient (Wildman–Crippen LogP) is 4.47. The molecule has 2 aliphatic rings. The number of rotatable bonds is 14. The summed E-state index contributed by atoms with van der Waals surface area (Å²) in [6.45, 7) is 7.54. The molecular weight excluding hydrogens is 663 g/mol. The molecule has 3 N–H and O–H groups in total. The second-order valence-electron chi connectivity index (χ2n) is 14.2. The fourth-order valence-corrected chi connectivity index (χ4v) is 6.76. The number of aliphatic hydroxyl groups excluding tert-OH is 1. The molecule has 2 heterocycles. The van der Waals surface area contributed by atoms with E-state index in [2.05, 4.69) is 15.6 Å². The molecule has 0 unspecified atom stereocenters. The van der Waals surface area contributed by atoms with E-state index in [4.69, 9.17) is 14.2 Å². The van der Waals surface area contributed by atoms with Crippen molar-refractivity contribution in [3.8, 4) is 16.2 Å². The van der Waals surface area contributed by atoms with E-state index in [9.17, 15) is 23.9 Å². The molecular formula is C37H47FN4O7S. The number of methoxy groups -OCH3 is 2. The van der Waals surface area contributed by atoms with E-state index in [1.165, 1.54) is 16.2 Å². The number of thiazole rings is 1. The van der Waals surface area contributed by atoms with Crippen molar-refractivity contribution in [2.45, 2.75) is 96.7 Å². The smallest absolute Gasteiger partial charge is 0.258 e. The molecule has 3 amide bonds. The highest BCUT2D eigenvalue weighted by Crippen LogP contribution is 2.40. The number of hydrogen-bond donors (Lipinski definition) is 3. The lowest BCUT2D eigenvalue weighted by molar-refractivity contribution is -0.145. The second kappa shape index (κ2) is 15.5. The Morgan fingerprint density at radius 2 is 1.78 bits per heavy atom. The first kappa shape index (κ1) is 37.3. The molecule has 3 atom stereocenters. The van der Waals surface area contributed by atoms with Gasteiger partial charge in [0.05, 0.1) is 22.2 Å². The zero-order chi connectivity index (χ0) is 36.2. The van der Waals surface area contributed by atoms with E-state index in [1.54, 1.807) is 40.5 Å². The average molecular weight is 711 g/mol. The number of carbonyl (C=O) groups is 3. The van der Waals surface area contributed by atoms with Crippen LogP contribution in [0.1, 0.15) is 62.4 Å². The van der Waals surface area contributed by atoms with Crippen LogP contribution in [-0.2, 0) is 43.4 Å². The second-order valence-corrected chi connectivity index (χ2v) is 15.0. The van der Waals surface area contributed by atoms with Crippen molar-refractivity contribution in [3.05, 3.63) is 70.4 Å². The van der Waals surface area contributed by atoms with Crippen molar-refractivity contribution in [1.29, 1.82) is 0 Å². The number of aliphatic hydroxyl groups is 1. The van der Waals surface area contributed by atoms with Gasteiger partial charge in [0, 0.05) is 45.7 Å². The molecule has 1 aliphatic heterocycles. The van der Waals surface area contributed by atoms with E-state index in [-0.39, 0.29) is 45.2 Å². The monoisotopic (exact) mass is 710 g/mol. The quantitative estimate of drug-likeness (QED) is 0.209. The maximum Gasteiger partial charge on any atom is 0.258 e. The van der Waals surface area contributed by atoms with Gasteiger partial charge in [-0.3, -0.25) is 14.4 Å². The van der Waals surface area contributed by atoms with Gasteiger partial charge in [-0.2, -0.15) is 0 Å². The van der Waals surface area contributed by atoms with Crippen molar-refractivity contribution in [3.63, 3.8) is 0 Å². The Kier molecular flexibility index (Phi) is 11.6. The molecule has 11 nitrogen and oxygen atoms in total. The van der Waals surface area contributed by atoms with Crippen molar-refractivity contribution in [2.75, 3.05) is 20.8 Å². The number of β-amino-alcohol motifs (C(OH)–C–C–N with tert-alkyl or cyclic N) is 1. The van der Waals surface area contributed by atoms with Crippen LogP contribution in [-0.4, -0.2) is 83.6 Å². The van der Waals surface area contributed by atoms with Gasteiger partial charge in [-0.05, 0) is 47.9 Å².